The van der Waals surface area contributed by atoms with E-state index in [1.807, 2.05) is 13.8 Å². The Labute approximate surface area is 117 Å². The van der Waals surface area contributed by atoms with Crippen LogP contribution < -0.4 is 5.32 Å². The van der Waals surface area contributed by atoms with Crippen molar-refractivity contribution in [2.45, 2.75) is 72.1 Å². The van der Waals surface area contributed by atoms with Crippen molar-refractivity contribution in [3.05, 3.63) is 0 Å². The van der Waals surface area contributed by atoms with Gasteiger partial charge in [0.25, 0.3) is 0 Å². The molecule has 19 heavy (non-hydrogen) atoms. The zero-order chi connectivity index (χ0) is 14.4. The van der Waals surface area contributed by atoms with E-state index < -0.39 is 5.41 Å². The minimum absolute atomic E-state index is 0.0492. The molecule has 0 saturated heterocycles. The Bertz CT molecular complexity index is 331. The average molecular weight is 264 g/mol. The van der Waals surface area contributed by atoms with Gasteiger partial charge in [0, 0.05) is 6.54 Å². The van der Waals surface area contributed by atoms with Crippen LogP contribution in [0.25, 0.3) is 0 Å². The Morgan fingerprint density at radius 2 is 1.79 bits per heavy atom. The number of rotatable bonds is 7. The van der Waals surface area contributed by atoms with Crippen LogP contribution >= 0.6 is 0 Å². The molecule has 1 amide bonds. The second-order valence-electron chi connectivity index (χ2n) is 6.39. The average Bonchev–Trinajstić information content (AvgIpc) is 2.83. The molecular formula is C16H28N2O. The first-order valence-electron chi connectivity index (χ1n) is 7.71. The van der Waals surface area contributed by atoms with Gasteiger partial charge >= 0.3 is 0 Å². The summed E-state index contributed by atoms with van der Waals surface area (Å²) in [5, 5.41) is 12.5. The fourth-order valence-electron chi connectivity index (χ4n) is 3.24. The van der Waals surface area contributed by atoms with Crippen molar-refractivity contribution in [2.24, 2.45) is 10.8 Å². The van der Waals surface area contributed by atoms with Crippen LogP contribution in [-0.4, -0.2) is 12.5 Å². The molecule has 1 fully saturated rings. The number of hydrogen-bond donors (Lipinski definition) is 1. The molecule has 3 nitrogen and oxygen atoms in total. The van der Waals surface area contributed by atoms with E-state index in [4.69, 9.17) is 0 Å². The van der Waals surface area contributed by atoms with Gasteiger partial charge in [-0.2, -0.15) is 5.26 Å². The zero-order valence-electron chi connectivity index (χ0n) is 12.7. The highest BCUT2D eigenvalue weighted by Gasteiger charge is 2.38. The van der Waals surface area contributed by atoms with Gasteiger partial charge in [-0.15, -0.1) is 0 Å². The lowest BCUT2D eigenvalue weighted by atomic mass is 9.79. The van der Waals surface area contributed by atoms with Crippen molar-refractivity contribution in [1.29, 1.82) is 5.26 Å². The van der Waals surface area contributed by atoms with Gasteiger partial charge < -0.3 is 5.32 Å². The molecule has 3 heteroatoms. The minimum Gasteiger partial charge on any atom is -0.354 e. The van der Waals surface area contributed by atoms with Crippen molar-refractivity contribution in [3.8, 4) is 6.07 Å². The van der Waals surface area contributed by atoms with E-state index in [0.717, 1.165) is 19.4 Å². The topological polar surface area (TPSA) is 52.9 Å². The maximum absolute atomic E-state index is 12.4. The van der Waals surface area contributed by atoms with Crippen molar-refractivity contribution >= 4 is 5.91 Å². The van der Waals surface area contributed by atoms with Crippen LogP contribution in [0.5, 0.6) is 0 Å². The molecule has 0 spiro atoms. The Kier molecular flexibility index (Phi) is 5.85. The predicted molar refractivity (Wildman–Crippen MR) is 77.4 cm³/mol. The van der Waals surface area contributed by atoms with Gasteiger partial charge in [0.1, 0.15) is 5.41 Å². The summed E-state index contributed by atoms with van der Waals surface area (Å²) in [6.45, 7) is 7.04. The van der Waals surface area contributed by atoms with Gasteiger partial charge in [0.15, 0.2) is 0 Å². The number of carbonyl (C=O) groups excluding carboxylic acids is 1. The quantitative estimate of drug-likeness (QED) is 0.760. The summed E-state index contributed by atoms with van der Waals surface area (Å²) in [4.78, 5) is 12.4. The number of nitrogens with zero attached hydrogens (tertiary/aromatic N) is 1. The van der Waals surface area contributed by atoms with Gasteiger partial charge in [-0.05, 0) is 31.1 Å². The third kappa shape index (κ3) is 3.96. The Hall–Kier alpha value is -1.04. The summed E-state index contributed by atoms with van der Waals surface area (Å²) in [6.07, 6.45) is 7.98. The van der Waals surface area contributed by atoms with Crippen LogP contribution in [0.2, 0.25) is 0 Å². The highest BCUT2D eigenvalue weighted by atomic mass is 16.2. The highest BCUT2D eigenvalue weighted by Crippen LogP contribution is 2.37. The second kappa shape index (κ2) is 6.93. The van der Waals surface area contributed by atoms with Crippen LogP contribution in [-0.2, 0) is 4.79 Å². The summed E-state index contributed by atoms with van der Waals surface area (Å²) in [5.41, 5.74) is -0.562. The number of carbonyl (C=O) groups is 1. The molecule has 0 unspecified atom stereocenters. The normalized spacial score (nSPS) is 18.0. The SMILES string of the molecule is CCCC(C#N)(CCC)C(=O)NCC1(C)CCCC1. The number of hydrogen-bond acceptors (Lipinski definition) is 2. The lowest BCUT2D eigenvalue weighted by Crippen LogP contribution is -2.43. The van der Waals surface area contributed by atoms with E-state index in [1.54, 1.807) is 0 Å². The second-order valence-corrected chi connectivity index (χ2v) is 6.39. The molecule has 1 aliphatic carbocycles. The largest absolute Gasteiger partial charge is 0.354 e. The smallest absolute Gasteiger partial charge is 0.240 e. The van der Waals surface area contributed by atoms with Crippen molar-refractivity contribution in [1.82, 2.24) is 5.32 Å². The van der Waals surface area contributed by atoms with Gasteiger partial charge in [-0.3, -0.25) is 4.79 Å². The Balaban J connectivity index is 2.64. The van der Waals surface area contributed by atoms with Gasteiger partial charge in [-0.25, -0.2) is 0 Å². The van der Waals surface area contributed by atoms with E-state index in [2.05, 4.69) is 18.3 Å². The summed E-state index contributed by atoms with van der Waals surface area (Å²) >= 11 is 0. The predicted octanol–water partition coefficient (Wildman–Crippen LogP) is 3.79. The monoisotopic (exact) mass is 264 g/mol. The number of amides is 1. The highest BCUT2D eigenvalue weighted by molar-refractivity contribution is 5.85. The third-order valence-corrected chi connectivity index (χ3v) is 4.49. The summed E-state index contributed by atoms with van der Waals surface area (Å²) < 4.78 is 0. The lowest BCUT2D eigenvalue weighted by Gasteiger charge is -2.29. The van der Waals surface area contributed by atoms with Crippen LogP contribution in [0.15, 0.2) is 0 Å². The maximum atomic E-state index is 12.4. The van der Waals surface area contributed by atoms with E-state index >= 15 is 0 Å². The maximum Gasteiger partial charge on any atom is 0.240 e. The van der Waals surface area contributed by atoms with Gasteiger partial charge in [0.05, 0.1) is 6.07 Å². The fourth-order valence-corrected chi connectivity index (χ4v) is 3.24. The van der Waals surface area contributed by atoms with Crippen molar-refractivity contribution in [2.75, 3.05) is 6.54 Å². The van der Waals surface area contributed by atoms with E-state index in [1.165, 1.54) is 25.7 Å². The van der Waals surface area contributed by atoms with E-state index in [9.17, 15) is 10.1 Å². The molecule has 0 aliphatic heterocycles. The first-order chi connectivity index (χ1) is 9.02. The first kappa shape index (κ1) is 16.0. The molecule has 1 rings (SSSR count). The molecule has 0 heterocycles. The van der Waals surface area contributed by atoms with Crippen LogP contribution in [0.4, 0.5) is 0 Å². The third-order valence-electron chi connectivity index (χ3n) is 4.49. The van der Waals surface area contributed by atoms with E-state index in [0.29, 0.717) is 12.8 Å². The zero-order valence-corrected chi connectivity index (χ0v) is 12.7. The molecule has 1 aliphatic rings. The summed E-state index contributed by atoms with van der Waals surface area (Å²) in [7, 11) is 0. The Morgan fingerprint density at radius 1 is 1.26 bits per heavy atom. The van der Waals surface area contributed by atoms with Gasteiger partial charge in [0.2, 0.25) is 5.91 Å². The minimum atomic E-state index is -0.807. The summed E-state index contributed by atoms with van der Waals surface area (Å²) in [5.74, 6) is -0.0492. The van der Waals surface area contributed by atoms with E-state index in [-0.39, 0.29) is 11.3 Å². The van der Waals surface area contributed by atoms with Crippen molar-refractivity contribution in [3.63, 3.8) is 0 Å². The molecular weight excluding hydrogens is 236 g/mol. The number of nitrogens with one attached hydrogen (secondary N) is 1. The molecule has 1 N–H and O–H groups in total. The fraction of sp³-hybridized carbons (Fsp3) is 0.875. The van der Waals surface area contributed by atoms with Crippen molar-refractivity contribution < 1.29 is 4.79 Å². The molecule has 0 aromatic heterocycles. The molecule has 108 valence electrons. The van der Waals surface area contributed by atoms with Crippen LogP contribution in [0.1, 0.15) is 72.1 Å². The lowest BCUT2D eigenvalue weighted by molar-refractivity contribution is -0.129. The first-order valence-corrected chi connectivity index (χ1v) is 7.71. The van der Waals surface area contributed by atoms with Crippen LogP contribution in [0.3, 0.4) is 0 Å². The molecule has 0 radical (unpaired) electrons. The molecule has 1 saturated carbocycles. The summed E-state index contributed by atoms with van der Waals surface area (Å²) in [6, 6.07) is 2.29. The van der Waals surface area contributed by atoms with Gasteiger partial charge in [-0.1, -0.05) is 46.5 Å². The Morgan fingerprint density at radius 3 is 2.21 bits per heavy atom. The van der Waals surface area contributed by atoms with Crippen LogP contribution in [0, 0.1) is 22.2 Å². The molecule has 0 bridgehead atoms. The molecule has 0 atom stereocenters. The number of nitriles is 1. The standard InChI is InChI=1S/C16H28N2O/c1-4-8-16(12-17,9-5-2)14(19)18-13-15(3)10-6-7-11-15/h4-11,13H2,1-3H3,(H,18,19). The molecule has 0 aromatic rings. The molecule has 0 aromatic carbocycles.